The molecule has 0 fully saturated rings. The van der Waals surface area contributed by atoms with Crippen molar-refractivity contribution in [1.29, 1.82) is 0 Å². The highest BCUT2D eigenvalue weighted by atomic mass is 16.5. The number of nitrogens with one attached hydrogen (secondary N) is 2. The van der Waals surface area contributed by atoms with Crippen LogP contribution in [0.2, 0.25) is 0 Å². The number of rotatable bonds is 22. The Hall–Kier alpha value is -3.79. The molecule has 2 rings (SSSR count). The predicted octanol–water partition coefficient (Wildman–Crippen LogP) is 3.37. The summed E-state index contributed by atoms with van der Waals surface area (Å²) in [7, 11) is 0. The standard InChI is InChI=1S/C33H44N2O7/c1-3-11-28(22-31(37)34-17-19-40-20-18-36)32(38)35-30(24-41-23-27-15-9-6-10-16-27)25-42-33(39)29(12-4-2)21-26-13-7-5-8-14-26/h3-10,13-16,28-30,36H,1-2,11-12,17-25H2,(H,34,37)(H,35,38). The molecule has 0 heterocycles. The van der Waals surface area contributed by atoms with Crippen LogP contribution in [-0.4, -0.2) is 68.5 Å². The fraction of sp³-hybridized carbons (Fsp3) is 0.424. The number of benzene rings is 2. The Balaban J connectivity index is 2.01. The molecule has 0 aliphatic rings. The van der Waals surface area contributed by atoms with Crippen LogP contribution in [0.3, 0.4) is 0 Å². The van der Waals surface area contributed by atoms with Crippen LogP contribution in [0.1, 0.15) is 30.4 Å². The zero-order valence-corrected chi connectivity index (χ0v) is 24.2. The lowest BCUT2D eigenvalue weighted by molar-refractivity contribution is -0.150. The van der Waals surface area contributed by atoms with E-state index in [1.54, 1.807) is 12.2 Å². The molecule has 0 aliphatic carbocycles. The summed E-state index contributed by atoms with van der Waals surface area (Å²) < 4.78 is 16.7. The molecule has 3 N–H and O–H groups in total. The van der Waals surface area contributed by atoms with Gasteiger partial charge in [0.05, 0.1) is 50.9 Å². The van der Waals surface area contributed by atoms with Gasteiger partial charge in [-0.15, -0.1) is 13.2 Å². The summed E-state index contributed by atoms with van der Waals surface area (Å²) in [6, 6.07) is 18.7. The van der Waals surface area contributed by atoms with E-state index in [-0.39, 0.29) is 70.2 Å². The average molecular weight is 581 g/mol. The van der Waals surface area contributed by atoms with Crippen LogP contribution in [0.4, 0.5) is 0 Å². The van der Waals surface area contributed by atoms with Crippen molar-refractivity contribution in [3.63, 3.8) is 0 Å². The summed E-state index contributed by atoms with van der Waals surface area (Å²) >= 11 is 0. The van der Waals surface area contributed by atoms with Crippen LogP contribution in [0.15, 0.2) is 86.0 Å². The molecule has 3 atom stereocenters. The van der Waals surface area contributed by atoms with Gasteiger partial charge in [0.25, 0.3) is 0 Å². The Morgan fingerprint density at radius 3 is 2.12 bits per heavy atom. The van der Waals surface area contributed by atoms with Gasteiger partial charge in [0.1, 0.15) is 6.61 Å². The molecule has 2 aromatic rings. The van der Waals surface area contributed by atoms with E-state index in [0.717, 1.165) is 11.1 Å². The number of carbonyl (C=O) groups is 3. The van der Waals surface area contributed by atoms with Gasteiger partial charge in [-0.05, 0) is 30.4 Å². The third kappa shape index (κ3) is 14.2. The first-order chi connectivity index (χ1) is 20.5. The number of carbonyl (C=O) groups excluding carboxylic acids is 3. The van der Waals surface area contributed by atoms with Gasteiger partial charge >= 0.3 is 5.97 Å². The molecule has 0 spiro atoms. The van der Waals surface area contributed by atoms with Gasteiger partial charge in [0.15, 0.2) is 0 Å². The predicted molar refractivity (Wildman–Crippen MR) is 161 cm³/mol. The highest BCUT2D eigenvalue weighted by molar-refractivity contribution is 5.86. The smallest absolute Gasteiger partial charge is 0.309 e. The minimum Gasteiger partial charge on any atom is -0.463 e. The van der Waals surface area contributed by atoms with Crippen molar-refractivity contribution in [2.45, 2.75) is 38.3 Å². The summed E-state index contributed by atoms with van der Waals surface area (Å²) in [5.41, 5.74) is 1.99. The van der Waals surface area contributed by atoms with Gasteiger partial charge in [-0.3, -0.25) is 14.4 Å². The van der Waals surface area contributed by atoms with Crippen LogP contribution >= 0.6 is 0 Å². The van der Waals surface area contributed by atoms with Crippen molar-refractivity contribution < 1.29 is 33.7 Å². The topological polar surface area (TPSA) is 123 Å². The van der Waals surface area contributed by atoms with Crippen molar-refractivity contribution in [1.82, 2.24) is 10.6 Å². The van der Waals surface area contributed by atoms with Gasteiger partial charge < -0.3 is 30.0 Å². The number of aliphatic hydroxyl groups is 1. The van der Waals surface area contributed by atoms with Crippen molar-refractivity contribution >= 4 is 17.8 Å². The summed E-state index contributed by atoms with van der Waals surface area (Å²) in [6.45, 7) is 8.46. The molecule has 9 heteroatoms. The molecule has 3 unspecified atom stereocenters. The Morgan fingerprint density at radius 1 is 0.833 bits per heavy atom. The highest BCUT2D eigenvalue weighted by Gasteiger charge is 2.26. The van der Waals surface area contributed by atoms with Gasteiger partial charge in [-0.1, -0.05) is 72.8 Å². The quantitative estimate of drug-likeness (QED) is 0.111. The maximum Gasteiger partial charge on any atom is 0.309 e. The van der Waals surface area contributed by atoms with Crippen LogP contribution in [0, 0.1) is 11.8 Å². The van der Waals surface area contributed by atoms with E-state index < -0.39 is 17.9 Å². The molecule has 0 aliphatic heterocycles. The number of ether oxygens (including phenoxy) is 3. The Kier molecular flexibility index (Phi) is 17.2. The summed E-state index contributed by atoms with van der Waals surface area (Å²) in [6.07, 6.45) is 4.49. The molecular weight excluding hydrogens is 536 g/mol. The zero-order valence-electron chi connectivity index (χ0n) is 24.2. The van der Waals surface area contributed by atoms with E-state index in [1.165, 1.54) is 0 Å². The first-order valence-corrected chi connectivity index (χ1v) is 14.3. The molecule has 0 bridgehead atoms. The number of esters is 1. The molecule has 42 heavy (non-hydrogen) atoms. The molecule has 9 nitrogen and oxygen atoms in total. The lowest BCUT2D eigenvalue weighted by Crippen LogP contribution is -2.46. The number of amides is 2. The first-order valence-electron chi connectivity index (χ1n) is 14.3. The molecule has 228 valence electrons. The summed E-state index contributed by atoms with van der Waals surface area (Å²) in [5, 5.41) is 14.4. The molecule has 0 aromatic heterocycles. The number of aliphatic hydroxyl groups excluding tert-OH is 1. The largest absolute Gasteiger partial charge is 0.463 e. The monoisotopic (exact) mass is 580 g/mol. The normalized spacial score (nSPS) is 12.9. The van der Waals surface area contributed by atoms with Crippen molar-refractivity contribution in [2.24, 2.45) is 11.8 Å². The molecule has 2 aromatic carbocycles. The minimum atomic E-state index is -0.667. The second kappa shape index (κ2) is 21.0. The van der Waals surface area contributed by atoms with E-state index >= 15 is 0 Å². The third-order valence-electron chi connectivity index (χ3n) is 6.37. The maximum absolute atomic E-state index is 13.2. The van der Waals surface area contributed by atoms with Crippen molar-refractivity contribution in [3.8, 4) is 0 Å². The molecular formula is C33H44N2O7. The molecule has 2 amide bonds. The SMILES string of the molecule is C=CCC(CC(=O)NCCOCCO)C(=O)NC(COCc1ccccc1)COC(=O)C(CC=C)Cc1ccccc1. The fourth-order valence-electron chi connectivity index (χ4n) is 4.22. The second-order valence-corrected chi connectivity index (χ2v) is 9.86. The number of allylic oxidation sites excluding steroid dienone is 2. The lowest BCUT2D eigenvalue weighted by Gasteiger charge is -2.23. The van der Waals surface area contributed by atoms with Gasteiger partial charge in [-0.2, -0.15) is 0 Å². The molecule has 0 radical (unpaired) electrons. The van der Waals surface area contributed by atoms with Crippen molar-refractivity contribution in [2.75, 3.05) is 39.6 Å². The van der Waals surface area contributed by atoms with Gasteiger partial charge in [-0.25, -0.2) is 0 Å². The van der Waals surface area contributed by atoms with Crippen molar-refractivity contribution in [3.05, 3.63) is 97.1 Å². The fourth-order valence-corrected chi connectivity index (χ4v) is 4.22. The summed E-state index contributed by atoms with van der Waals surface area (Å²) in [5.74, 6) is -2.13. The molecule has 0 saturated carbocycles. The average Bonchev–Trinajstić information content (AvgIpc) is 3.00. The Morgan fingerprint density at radius 2 is 1.48 bits per heavy atom. The lowest BCUT2D eigenvalue weighted by atomic mass is 9.96. The highest BCUT2D eigenvalue weighted by Crippen LogP contribution is 2.16. The number of hydrogen-bond donors (Lipinski definition) is 3. The van der Waals surface area contributed by atoms with Crippen LogP contribution < -0.4 is 10.6 Å². The molecule has 0 saturated heterocycles. The van der Waals surface area contributed by atoms with Gasteiger partial charge in [0, 0.05) is 13.0 Å². The third-order valence-corrected chi connectivity index (χ3v) is 6.37. The second-order valence-electron chi connectivity index (χ2n) is 9.86. The first kappa shape index (κ1) is 34.4. The van der Waals surface area contributed by atoms with Crippen LogP contribution in [0.25, 0.3) is 0 Å². The Bertz CT molecular complexity index is 1080. The van der Waals surface area contributed by atoms with E-state index in [9.17, 15) is 14.4 Å². The Labute approximate surface area is 248 Å². The van der Waals surface area contributed by atoms with E-state index in [1.807, 2.05) is 60.7 Å². The minimum absolute atomic E-state index is 0.0479. The van der Waals surface area contributed by atoms with Crippen LogP contribution in [-0.2, 0) is 41.6 Å². The maximum atomic E-state index is 13.2. The number of hydrogen-bond acceptors (Lipinski definition) is 7. The van der Waals surface area contributed by atoms with E-state index in [0.29, 0.717) is 19.4 Å². The zero-order chi connectivity index (χ0) is 30.4. The van der Waals surface area contributed by atoms with E-state index in [4.69, 9.17) is 19.3 Å². The summed E-state index contributed by atoms with van der Waals surface area (Å²) in [4.78, 5) is 38.8. The van der Waals surface area contributed by atoms with Gasteiger partial charge in [0.2, 0.25) is 11.8 Å². The van der Waals surface area contributed by atoms with E-state index in [2.05, 4.69) is 23.8 Å². The van der Waals surface area contributed by atoms with Crippen LogP contribution in [0.5, 0.6) is 0 Å².